The highest BCUT2D eigenvalue weighted by molar-refractivity contribution is 5.00. The van der Waals surface area contributed by atoms with E-state index >= 15 is 0 Å². The molecule has 3 aliphatic rings. The lowest BCUT2D eigenvalue weighted by atomic mass is 9.88. The number of nitrogens with zero attached hydrogens (tertiary/aromatic N) is 1. The Morgan fingerprint density at radius 2 is 1.67 bits per heavy atom. The Morgan fingerprint density at radius 3 is 2.33 bits per heavy atom. The molecule has 2 atom stereocenters. The van der Waals surface area contributed by atoms with Gasteiger partial charge in [0.1, 0.15) is 0 Å². The van der Waals surface area contributed by atoms with Gasteiger partial charge >= 0.3 is 0 Å². The highest BCUT2D eigenvalue weighted by atomic mass is 16.5. The van der Waals surface area contributed by atoms with Gasteiger partial charge in [-0.1, -0.05) is 0 Å². The minimum absolute atomic E-state index is 0.351. The van der Waals surface area contributed by atoms with Crippen LogP contribution in [0.3, 0.4) is 0 Å². The molecule has 0 aromatic heterocycles. The van der Waals surface area contributed by atoms with E-state index in [1.54, 1.807) is 7.11 Å². The fourth-order valence-electron chi connectivity index (χ4n) is 4.01. The largest absolute Gasteiger partial charge is 0.381 e. The molecule has 2 unspecified atom stereocenters. The van der Waals surface area contributed by atoms with Crippen LogP contribution in [0, 0.1) is 17.8 Å². The van der Waals surface area contributed by atoms with Gasteiger partial charge < -0.3 is 14.2 Å². The van der Waals surface area contributed by atoms with Gasteiger partial charge in [0, 0.05) is 45.6 Å². The molecule has 4 nitrogen and oxygen atoms in total. The van der Waals surface area contributed by atoms with E-state index in [1.807, 2.05) is 0 Å². The zero-order valence-corrected chi connectivity index (χ0v) is 16.1. The van der Waals surface area contributed by atoms with E-state index in [-0.39, 0.29) is 0 Å². The standard InChI is InChI=1S/C20H37NO3/c1-20(2,3)21-12-16(13-21)19-9-15(19)14-23-7-5-6-8-24-18-10-17(11-18)22-4/h15-19H,5-14H2,1-4H3. The minimum atomic E-state index is 0.351. The van der Waals surface area contributed by atoms with Crippen LogP contribution in [0.2, 0.25) is 0 Å². The highest BCUT2D eigenvalue weighted by Gasteiger charge is 2.48. The number of hydrogen-bond acceptors (Lipinski definition) is 4. The van der Waals surface area contributed by atoms with Crippen molar-refractivity contribution >= 4 is 0 Å². The molecule has 140 valence electrons. The van der Waals surface area contributed by atoms with E-state index in [2.05, 4.69) is 25.7 Å². The lowest BCUT2D eigenvalue weighted by Gasteiger charge is -2.48. The average Bonchev–Trinajstić information content (AvgIpc) is 3.15. The molecule has 3 fully saturated rings. The van der Waals surface area contributed by atoms with E-state index in [1.165, 1.54) is 19.5 Å². The van der Waals surface area contributed by atoms with Crippen LogP contribution in [0.5, 0.6) is 0 Å². The Bertz CT molecular complexity index is 383. The van der Waals surface area contributed by atoms with E-state index in [4.69, 9.17) is 14.2 Å². The van der Waals surface area contributed by atoms with Crippen molar-refractivity contribution in [3.63, 3.8) is 0 Å². The Hall–Kier alpha value is -0.160. The average molecular weight is 340 g/mol. The predicted molar refractivity (Wildman–Crippen MR) is 96.2 cm³/mol. The van der Waals surface area contributed by atoms with Crippen LogP contribution in [0.1, 0.15) is 52.9 Å². The van der Waals surface area contributed by atoms with Crippen molar-refractivity contribution in [1.29, 1.82) is 0 Å². The van der Waals surface area contributed by atoms with Gasteiger partial charge in [-0.2, -0.15) is 0 Å². The zero-order chi connectivity index (χ0) is 17.2. The third-order valence-electron chi connectivity index (χ3n) is 6.19. The molecular formula is C20H37NO3. The number of ether oxygens (including phenoxy) is 3. The van der Waals surface area contributed by atoms with Crippen LogP contribution in [-0.4, -0.2) is 62.7 Å². The quantitative estimate of drug-likeness (QED) is 0.571. The van der Waals surface area contributed by atoms with Crippen LogP contribution >= 0.6 is 0 Å². The lowest BCUT2D eigenvalue weighted by Crippen LogP contribution is -2.56. The van der Waals surface area contributed by atoms with E-state index in [0.29, 0.717) is 17.7 Å². The first kappa shape index (κ1) is 18.6. The van der Waals surface area contributed by atoms with Crippen molar-refractivity contribution in [2.75, 3.05) is 40.0 Å². The zero-order valence-electron chi connectivity index (χ0n) is 16.1. The third kappa shape index (κ3) is 4.94. The predicted octanol–water partition coefficient (Wildman–Crippen LogP) is 3.34. The molecule has 1 saturated heterocycles. The molecule has 3 rings (SSSR count). The van der Waals surface area contributed by atoms with Gasteiger partial charge in [0.25, 0.3) is 0 Å². The highest BCUT2D eigenvalue weighted by Crippen LogP contribution is 2.48. The number of rotatable bonds is 10. The first-order valence-corrected chi connectivity index (χ1v) is 9.94. The first-order valence-electron chi connectivity index (χ1n) is 9.94. The van der Waals surface area contributed by atoms with Gasteiger partial charge in [-0.25, -0.2) is 0 Å². The maximum absolute atomic E-state index is 5.89. The minimum Gasteiger partial charge on any atom is -0.381 e. The van der Waals surface area contributed by atoms with E-state index in [9.17, 15) is 0 Å². The second-order valence-corrected chi connectivity index (χ2v) is 9.10. The second kappa shape index (κ2) is 8.03. The van der Waals surface area contributed by atoms with E-state index < -0.39 is 0 Å². The number of methoxy groups -OCH3 is 1. The van der Waals surface area contributed by atoms with Crippen LogP contribution in [0.4, 0.5) is 0 Å². The van der Waals surface area contributed by atoms with Crippen molar-refractivity contribution in [2.24, 2.45) is 17.8 Å². The molecule has 0 spiro atoms. The third-order valence-corrected chi connectivity index (χ3v) is 6.19. The molecule has 2 saturated carbocycles. The van der Waals surface area contributed by atoms with E-state index in [0.717, 1.165) is 63.3 Å². The van der Waals surface area contributed by atoms with Crippen molar-refractivity contribution in [3.05, 3.63) is 0 Å². The summed E-state index contributed by atoms with van der Waals surface area (Å²) in [6, 6.07) is 0. The van der Waals surface area contributed by atoms with Crippen LogP contribution in [0.25, 0.3) is 0 Å². The van der Waals surface area contributed by atoms with Crippen molar-refractivity contribution in [3.8, 4) is 0 Å². The van der Waals surface area contributed by atoms with Crippen molar-refractivity contribution in [1.82, 2.24) is 4.90 Å². The number of hydrogen-bond donors (Lipinski definition) is 0. The Kier molecular flexibility index (Phi) is 6.23. The Morgan fingerprint density at radius 1 is 0.958 bits per heavy atom. The SMILES string of the molecule is COC1CC(OCCCCOCC2CC2C2CN(C(C)(C)C)C2)C1. The number of likely N-dealkylation sites (tertiary alicyclic amines) is 1. The smallest absolute Gasteiger partial charge is 0.0624 e. The van der Waals surface area contributed by atoms with Crippen LogP contribution in [-0.2, 0) is 14.2 Å². The maximum atomic E-state index is 5.89. The summed E-state index contributed by atoms with van der Waals surface area (Å²) in [5, 5.41) is 0. The van der Waals surface area contributed by atoms with Crippen LogP contribution in [0.15, 0.2) is 0 Å². The monoisotopic (exact) mass is 339 g/mol. The van der Waals surface area contributed by atoms with Gasteiger partial charge in [-0.05, 0) is 70.6 Å². The summed E-state index contributed by atoms with van der Waals surface area (Å²) >= 11 is 0. The first-order chi connectivity index (χ1) is 11.5. The molecule has 0 aromatic carbocycles. The summed E-state index contributed by atoms with van der Waals surface area (Å²) < 4.78 is 17.0. The fraction of sp³-hybridized carbons (Fsp3) is 1.00. The van der Waals surface area contributed by atoms with Gasteiger partial charge in [0.05, 0.1) is 12.2 Å². The summed E-state index contributed by atoms with van der Waals surface area (Å²) in [5.74, 6) is 2.72. The van der Waals surface area contributed by atoms with Crippen molar-refractivity contribution < 1.29 is 14.2 Å². The molecule has 1 aliphatic heterocycles. The molecule has 1 heterocycles. The second-order valence-electron chi connectivity index (χ2n) is 9.10. The maximum Gasteiger partial charge on any atom is 0.0624 e. The topological polar surface area (TPSA) is 30.9 Å². The molecular weight excluding hydrogens is 302 g/mol. The normalized spacial score (nSPS) is 34.0. The molecule has 4 heteroatoms. The van der Waals surface area contributed by atoms with Crippen LogP contribution < -0.4 is 0 Å². The molecule has 0 amide bonds. The van der Waals surface area contributed by atoms with Gasteiger partial charge in [-0.15, -0.1) is 0 Å². The van der Waals surface area contributed by atoms with Gasteiger partial charge in [0.2, 0.25) is 0 Å². The summed E-state index contributed by atoms with van der Waals surface area (Å²) in [4.78, 5) is 2.60. The molecule has 24 heavy (non-hydrogen) atoms. The van der Waals surface area contributed by atoms with Crippen molar-refractivity contribution in [2.45, 2.75) is 70.6 Å². The van der Waals surface area contributed by atoms with Gasteiger partial charge in [-0.3, -0.25) is 4.90 Å². The molecule has 0 aromatic rings. The summed E-state index contributed by atoms with van der Waals surface area (Å²) in [7, 11) is 1.79. The summed E-state index contributed by atoms with van der Waals surface area (Å²) in [6.45, 7) is 12.3. The Balaban J connectivity index is 1.11. The summed E-state index contributed by atoms with van der Waals surface area (Å²) in [5.41, 5.74) is 0.351. The lowest BCUT2D eigenvalue weighted by molar-refractivity contribution is -0.0878. The number of unbranched alkanes of at least 4 members (excludes halogenated alkanes) is 1. The molecule has 0 radical (unpaired) electrons. The molecule has 0 N–H and O–H groups in total. The Labute approximate surface area is 148 Å². The fourth-order valence-corrected chi connectivity index (χ4v) is 4.01. The molecule has 0 bridgehead atoms. The molecule has 2 aliphatic carbocycles. The summed E-state index contributed by atoms with van der Waals surface area (Å²) in [6.07, 6.45) is 6.67. The van der Waals surface area contributed by atoms with Gasteiger partial charge in [0.15, 0.2) is 0 Å².